The van der Waals surface area contributed by atoms with E-state index in [9.17, 15) is 26.9 Å². The van der Waals surface area contributed by atoms with Crippen molar-refractivity contribution in [3.8, 4) is 55.9 Å². The van der Waals surface area contributed by atoms with E-state index >= 15 is 0 Å². The summed E-state index contributed by atoms with van der Waals surface area (Å²) >= 11 is 3.30. The van der Waals surface area contributed by atoms with Crippen molar-refractivity contribution in [1.82, 2.24) is 19.9 Å². The van der Waals surface area contributed by atoms with Crippen LogP contribution in [0.5, 0.6) is 0 Å². The van der Waals surface area contributed by atoms with Gasteiger partial charge in [-0.3, -0.25) is 9.97 Å². The Morgan fingerprint density at radius 1 is 0.349 bits per heavy atom. The maximum Gasteiger partial charge on any atom is 0.489 e. The highest BCUT2D eigenvalue weighted by Gasteiger charge is 2.36. The van der Waals surface area contributed by atoms with Gasteiger partial charge < -0.3 is 15.5 Å². The van der Waals surface area contributed by atoms with E-state index < -0.39 is 26.8 Å². The van der Waals surface area contributed by atoms with E-state index in [-0.39, 0.29) is 28.7 Å². The molecule has 0 saturated heterocycles. The van der Waals surface area contributed by atoms with Crippen molar-refractivity contribution in [3.05, 3.63) is 247 Å². The highest BCUT2D eigenvalue weighted by molar-refractivity contribution is 9.10. The summed E-state index contributed by atoms with van der Waals surface area (Å²) in [7, 11) is -8.49. The lowest BCUT2D eigenvalue weighted by molar-refractivity contribution is 0.426. The third-order valence-electron chi connectivity index (χ3n) is 15.3. The summed E-state index contributed by atoms with van der Waals surface area (Å²) in [4.78, 5) is 20.6. The second-order valence-electron chi connectivity index (χ2n) is 19.9. The van der Waals surface area contributed by atoms with E-state index in [4.69, 9.17) is 9.97 Å². The number of nitrogens with zero attached hydrogens (tertiary/aromatic N) is 4. The summed E-state index contributed by atoms with van der Waals surface area (Å²) in [6, 6.07) is 73.4. The van der Waals surface area contributed by atoms with Crippen molar-refractivity contribution >= 4 is 122 Å². The van der Waals surface area contributed by atoms with Gasteiger partial charge in [0.15, 0.2) is 0 Å². The molecule has 10 aromatic carbocycles. The molecule has 0 unspecified atom stereocenters. The van der Waals surface area contributed by atoms with Gasteiger partial charge in [-0.2, -0.15) is 0 Å². The van der Waals surface area contributed by atoms with Gasteiger partial charge in [0.25, 0.3) is 0 Å². The van der Waals surface area contributed by atoms with Crippen LogP contribution >= 0.6 is 15.9 Å². The minimum atomic E-state index is -3.64. The largest absolute Gasteiger partial charge is 0.489 e. The first-order chi connectivity index (χ1) is 40.0. The Bertz CT molecular complexity index is 5250. The Morgan fingerprint density at radius 2 is 0.721 bits per heavy atom. The topological polar surface area (TPSA) is 192 Å². The van der Waals surface area contributed by atoms with Crippen LogP contribution in [0, 0.1) is 0 Å². The molecule has 14 aromatic rings. The molecule has 4 N–H and O–H groups in total. The zero-order valence-corrected chi connectivity index (χ0v) is 47.5. The van der Waals surface area contributed by atoms with E-state index in [1.807, 2.05) is 140 Å². The van der Waals surface area contributed by atoms with E-state index in [2.05, 4.69) is 80.5 Å². The van der Waals surface area contributed by atoms with Crippen molar-refractivity contribution < 1.29 is 32.4 Å². The SMILES string of the molecule is C.C.O.O=S1(=O)c2ccccc2-c2cccc(-c3ccc(-c4ccc5ccc6cccnc6c5n4)c4ccccc34)c21.O=S1(=O)c2ccccc2-c2cccc(Br)c21.OB(O)c1ccc(-c2ccc3ccc4cccnc4c3n2)c2ccccc12.[B]. The highest BCUT2D eigenvalue weighted by atomic mass is 79.9. The number of pyridine rings is 4. The molecule has 0 spiro atoms. The fourth-order valence-corrected chi connectivity index (χ4v) is 16.2. The predicted octanol–water partition coefficient (Wildman–Crippen LogP) is 14.7. The van der Waals surface area contributed by atoms with E-state index in [0.717, 1.165) is 115 Å². The third-order valence-corrected chi connectivity index (χ3v) is 20.1. The van der Waals surface area contributed by atoms with Crippen LogP contribution in [0.15, 0.2) is 267 Å². The van der Waals surface area contributed by atoms with Crippen molar-refractivity contribution in [2.45, 2.75) is 34.4 Å². The number of hydrogen-bond donors (Lipinski definition) is 2. The van der Waals surface area contributed by atoms with Crippen molar-refractivity contribution in [1.29, 1.82) is 0 Å². The Balaban J connectivity index is 0.000000152. The Hall–Kier alpha value is -9.25. The van der Waals surface area contributed by atoms with Gasteiger partial charge in [-0.1, -0.05) is 203 Å². The lowest BCUT2D eigenvalue weighted by Gasteiger charge is -2.14. The standard InChI is InChI=1S/C34H20N2O2S.C22H15BN2O2.C12H7BrO2S.2CH4.B.H2O/c37-39(38)31-13-4-3-10-27(31)29-12-5-11-28(34(29)39)25-17-18-26(24-9-2-1-8-23(24)25)30-19-16-22-15-14-21-7-6-20-35-32(21)33(22)36-30;26-23(27)19-11-10-18(16-5-1-2-6-17(16)19)20-12-9-15-8-7-14-4-3-13-24-21(14)22(15)25-20;13-10-6-3-5-9-8-4-1-2-7-11(8)16(14,15)12(9)10;;;;/h1-20H;1-13,26-27H;1-7H;2*1H4;;1H2. The van der Waals surface area contributed by atoms with Crippen LogP contribution in [0.25, 0.3) is 121 Å². The zero-order valence-electron chi connectivity index (χ0n) is 44.3. The summed E-state index contributed by atoms with van der Waals surface area (Å²) in [6.07, 6.45) is 3.58. The van der Waals surface area contributed by atoms with Gasteiger partial charge in [-0.15, -0.1) is 0 Å². The third kappa shape index (κ3) is 9.89. The summed E-state index contributed by atoms with van der Waals surface area (Å²) < 4.78 is 52.6. The average molecular weight is 1230 g/mol. The predicted molar refractivity (Wildman–Crippen MR) is 354 cm³/mol. The number of rotatable bonds is 4. The van der Waals surface area contributed by atoms with Gasteiger partial charge in [0.1, 0.15) is 0 Å². The molecule has 3 radical (unpaired) electrons. The molecule has 0 fully saturated rings. The first kappa shape index (κ1) is 59.9. The summed E-state index contributed by atoms with van der Waals surface area (Å²) in [5.41, 5.74) is 12.3. The molecule has 0 aliphatic carbocycles. The minimum Gasteiger partial charge on any atom is -0.423 e. The Kier molecular flexibility index (Phi) is 16.5. The molecule has 0 amide bonds. The fourth-order valence-electron chi connectivity index (χ4n) is 11.6. The number of hydrogen-bond acceptors (Lipinski definition) is 10. The number of halogens is 1. The Labute approximate surface area is 508 Å². The molecule has 6 heterocycles. The molecule has 16 heteroatoms. The second-order valence-corrected chi connectivity index (χ2v) is 24.5. The lowest BCUT2D eigenvalue weighted by Crippen LogP contribution is -2.30. The van der Waals surface area contributed by atoms with Crippen LogP contribution in [0.2, 0.25) is 0 Å². The maximum atomic E-state index is 13.7. The van der Waals surface area contributed by atoms with Gasteiger partial charge in [0, 0.05) is 85.8 Å². The molecule has 2 aliphatic heterocycles. The molecule has 419 valence electrons. The van der Waals surface area contributed by atoms with Crippen LogP contribution in [0.1, 0.15) is 14.9 Å². The molecule has 0 saturated carbocycles. The number of aromatic nitrogens is 4. The van der Waals surface area contributed by atoms with Gasteiger partial charge in [-0.25, -0.2) is 26.8 Å². The number of benzene rings is 10. The maximum absolute atomic E-state index is 13.7. The average Bonchev–Trinajstić information content (AvgIpc) is 1.55. The zero-order chi connectivity index (χ0) is 55.9. The molecule has 2 aliphatic rings. The number of sulfone groups is 2. The van der Waals surface area contributed by atoms with Gasteiger partial charge in [-0.05, 0) is 91.0 Å². The highest BCUT2D eigenvalue weighted by Crippen LogP contribution is 2.49. The van der Waals surface area contributed by atoms with Crippen LogP contribution < -0.4 is 5.46 Å². The monoisotopic (exact) mass is 1230 g/mol. The molecule has 4 aromatic heterocycles. The molecular formula is C70H52B2BrN4O7S2. The van der Waals surface area contributed by atoms with Crippen LogP contribution in [-0.2, 0) is 19.7 Å². The van der Waals surface area contributed by atoms with Crippen molar-refractivity contribution in [2.75, 3.05) is 0 Å². The van der Waals surface area contributed by atoms with Gasteiger partial charge in [0.2, 0.25) is 19.7 Å². The second kappa shape index (κ2) is 23.7. The molecule has 16 rings (SSSR count). The molecule has 0 bridgehead atoms. The van der Waals surface area contributed by atoms with E-state index in [1.54, 1.807) is 48.8 Å². The van der Waals surface area contributed by atoms with Crippen molar-refractivity contribution in [2.24, 2.45) is 0 Å². The minimum absolute atomic E-state index is 0. The van der Waals surface area contributed by atoms with Crippen molar-refractivity contribution in [3.63, 3.8) is 0 Å². The molecule has 0 atom stereocenters. The van der Waals surface area contributed by atoms with E-state index in [1.165, 1.54) is 0 Å². The first-order valence-corrected chi connectivity index (χ1v) is 30.0. The summed E-state index contributed by atoms with van der Waals surface area (Å²) in [6.45, 7) is 0. The smallest absolute Gasteiger partial charge is 0.423 e. The van der Waals surface area contributed by atoms with Crippen LogP contribution in [0.4, 0.5) is 0 Å². The quantitative estimate of drug-likeness (QED) is 0.127. The molecule has 86 heavy (non-hydrogen) atoms. The summed E-state index contributed by atoms with van der Waals surface area (Å²) in [5.74, 6) is 0. The van der Waals surface area contributed by atoms with Gasteiger partial charge >= 0.3 is 7.12 Å². The van der Waals surface area contributed by atoms with Crippen LogP contribution in [0.3, 0.4) is 0 Å². The van der Waals surface area contributed by atoms with Crippen LogP contribution in [-0.4, -0.2) is 67.8 Å². The Morgan fingerprint density at radius 3 is 1.24 bits per heavy atom. The first-order valence-electron chi connectivity index (χ1n) is 26.3. The normalized spacial score (nSPS) is 12.6. The fraction of sp³-hybridized carbons (Fsp3) is 0.0286. The molecule has 11 nitrogen and oxygen atoms in total. The lowest BCUT2D eigenvalue weighted by atomic mass is 9.76. The van der Waals surface area contributed by atoms with Gasteiger partial charge in [0.05, 0.1) is 53.0 Å². The number of fused-ring (bicyclic) bond motifs is 14. The van der Waals surface area contributed by atoms with E-state index in [0.29, 0.717) is 35.1 Å². The molecular weight excluding hydrogens is 1170 g/mol. The summed E-state index contributed by atoms with van der Waals surface area (Å²) in [5, 5.41) is 27.3.